The summed E-state index contributed by atoms with van der Waals surface area (Å²) in [6, 6.07) is 12.4. The second-order valence-electron chi connectivity index (χ2n) is 5.55. The number of carbonyl (C=O) groups is 2. The lowest BCUT2D eigenvalue weighted by Crippen LogP contribution is -2.30. The number of esters is 1. The zero-order chi connectivity index (χ0) is 18.8. The molecule has 5 nitrogen and oxygen atoms in total. The maximum atomic E-state index is 12.3. The van der Waals surface area contributed by atoms with Crippen molar-refractivity contribution in [1.82, 2.24) is 10.3 Å². The number of pyridine rings is 1. The minimum absolute atomic E-state index is 0.0348. The van der Waals surface area contributed by atoms with E-state index in [0.717, 1.165) is 11.4 Å². The molecule has 1 atom stereocenters. The number of halogens is 1. The second kappa shape index (κ2) is 10.8. The van der Waals surface area contributed by atoms with Crippen LogP contribution >= 0.6 is 23.4 Å². The molecule has 26 heavy (non-hydrogen) atoms. The van der Waals surface area contributed by atoms with E-state index < -0.39 is 12.0 Å². The number of thioether (sulfide) groups is 1. The van der Waals surface area contributed by atoms with Crippen LogP contribution in [0.25, 0.3) is 0 Å². The molecular formula is C19H21ClN2O3S. The number of benzene rings is 1. The SMILES string of the molecule is COC(=O)CC(NC(=O)CCSCc1ccccn1)c1ccccc1Cl. The van der Waals surface area contributed by atoms with Gasteiger partial charge in [-0.2, -0.15) is 11.8 Å². The van der Waals surface area contributed by atoms with Crippen molar-refractivity contribution in [3.05, 3.63) is 64.9 Å². The first-order valence-electron chi connectivity index (χ1n) is 8.18. The minimum Gasteiger partial charge on any atom is -0.469 e. The molecule has 0 saturated heterocycles. The maximum Gasteiger partial charge on any atom is 0.307 e. The number of methoxy groups -OCH3 is 1. The van der Waals surface area contributed by atoms with Crippen molar-refractivity contribution in [2.24, 2.45) is 0 Å². The van der Waals surface area contributed by atoms with Crippen LogP contribution in [-0.2, 0) is 20.1 Å². The number of nitrogens with zero attached hydrogens (tertiary/aromatic N) is 1. The van der Waals surface area contributed by atoms with E-state index in [2.05, 4.69) is 10.3 Å². The predicted octanol–water partition coefficient (Wildman–Crippen LogP) is 3.78. The summed E-state index contributed by atoms with van der Waals surface area (Å²) in [5, 5.41) is 3.39. The summed E-state index contributed by atoms with van der Waals surface area (Å²) in [5.41, 5.74) is 1.69. The molecule has 1 aromatic carbocycles. The van der Waals surface area contributed by atoms with Gasteiger partial charge in [-0.15, -0.1) is 0 Å². The molecule has 0 saturated carbocycles. The predicted molar refractivity (Wildman–Crippen MR) is 104 cm³/mol. The highest BCUT2D eigenvalue weighted by molar-refractivity contribution is 7.98. The third kappa shape index (κ3) is 6.69. The van der Waals surface area contributed by atoms with Gasteiger partial charge in [-0.1, -0.05) is 35.9 Å². The van der Waals surface area contributed by atoms with Crippen LogP contribution in [0.4, 0.5) is 0 Å². The lowest BCUT2D eigenvalue weighted by molar-refractivity contribution is -0.141. The second-order valence-corrected chi connectivity index (χ2v) is 7.06. The van der Waals surface area contributed by atoms with Crippen LogP contribution in [0, 0.1) is 0 Å². The fraction of sp³-hybridized carbons (Fsp3) is 0.316. The van der Waals surface area contributed by atoms with Crippen molar-refractivity contribution in [3.63, 3.8) is 0 Å². The number of ether oxygens (including phenoxy) is 1. The molecule has 2 aromatic rings. The Balaban J connectivity index is 1.87. The van der Waals surface area contributed by atoms with Crippen LogP contribution in [0.3, 0.4) is 0 Å². The van der Waals surface area contributed by atoms with Crippen LogP contribution in [-0.4, -0.2) is 29.7 Å². The summed E-state index contributed by atoms with van der Waals surface area (Å²) in [7, 11) is 1.32. The molecule has 0 fully saturated rings. The highest BCUT2D eigenvalue weighted by Gasteiger charge is 2.20. The van der Waals surface area contributed by atoms with Crippen molar-refractivity contribution >= 4 is 35.2 Å². The fourth-order valence-electron chi connectivity index (χ4n) is 2.34. The van der Waals surface area contributed by atoms with Crippen LogP contribution in [0.15, 0.2) is 48.7 Å². The summed E-state index contributed by atoms with van der Waals surface area (Å²) >= 11 is 7.85. The molecular weight excluding hydrogens is 372 g/mol. The topological polar surface area (TPSA) is 68.3 Å². The first-order chi connectivity index (χ1) is 12.6. The van der Waals surface area contributed by atoms with E-state index in [1.807, 2.05) is 24.3 Å². The summed E-state index contributed by atoms with van der Waals surface area (Å²) in [6.45, 7) is 0. The van der Waals surface area contributed by atoms with Crippen molar-refractivity contribution in [1.29, 1.82) is 0 Å². The van der Waals surface area contributed by atoms with Crippen LogP contribution in [0.5, 0.6) is 0 Å². The Labute approximate surface area is 162 Å². The smallest absolute Gasteiger partial charge is 0.307 e. The largest absolute Gasteiger partial charge is 0.469 e. The van der Waals surface area contributed by atoms with E-state index in [1.165, 1.54) is 7.11 Å². The van der Waals surface area contributed by atoms with Gasteiger partial charge in [0.25, 0.3) is 0 Å². The molecule has 1 N–H and O–H groups in total. The summed E-state index contributed by atoms with van der Waals surface area (Å²) in [4.78, 5) is 28.2. The zero-order valence-corrected chi connectivity index (χ0v) is 16.1. The van der Waals surface area contributed by atoms with Crippen molar-refractivity contribution in [2.45, 2.75) is 24.6 Å². The van der Waals surface area contributed by atoms with Crippen molar-refractivity contribution in [2.75, 3.05) is 12.9 Å². The van der Waals surface area contributed by atoms with Gasteiger partial charge in [0.05, 0.1) is 25.3 Å². The van der Waals surface area contributed by atoms with Gasteiger partial charge in [-0.3, -0.25) is 14.6 Å². The molecule has 2 rings (SSSR count). The number of nitrogens with one attached hydrogen (secondary N) is 1. The van der Waals surface area contributed by atoms with E-state index in [9.17, 15) is 9.59 Å². The number of aromatic nitrogens is 1. The highest BCUT2D eigenvalue weighted by Crippen LogP contribution is 2.25. The van der Waals surface area contributed by atoms with Gasteiger partial charge in [-0.05, 0) is 23.8 Å². The van der Waals surface area contributed by atoms with E-state index in [-0.39, 0.29) is 12.3 Å². The van der Waals surface area contributed by atoms with E-state index >= 15 is 0 Å². The number of amides is 1. The Morgan fingerprint density at radius 3 is 2.69 bits per heavy atom. The van der Waals surface area contributed by atoms with Crippen molar-refractivity contribution in [3.8, 4) is 0 Å². The van der Waals surface area contributed by atoms with Gasteiger partial charge in [0.2, 0.25) is 5.91 Å². The van der Waals surface area contributed by atoms with E-state index in [0.29, 0.717) is 22.8 Å². The van der Waals surface area contributed by atoms with Crippen LogP contribution in [0.2, 0.25) is 5.02 Å². The monoisotopic (exact) mass is 392 g/mol. The molecule has 0 bridgehead atoms. The lowest BCUT2D eigenvalue weighted by atomic mass is 10.0. The molecule has 0 aliphatic rings. The lowest BCUT2D eigenvalue weighted by Gasteiger charge is -2.19. The molecule has 0 spiro atoms. The Kier molecular flexibility index (Phi) is 8.44. The van der Waals surface area contributed by atoms with Crippen LogP contribution in [0.1, 0.15) is 30.1 Å². The summed E-state index contributed by atoms with van der Waals surface area (Å²) < 4.78 is 4.73. The molecule has 0 aliphatic heterocycles. The van der Waals surface area contributed by atoms with E-state index in [1.54, 1.807) is 36.2 Å². The van der Waals surface area contributed by atoms with Crippen molar-refractivity contribution < 1.29 is 14.3 Å². The van der Waals surface area contributed by atoms with Crippen LogP contribution < -0.4 is 5.32 Å². The normalized spacial score (nSPS) is 11.6. The fourth-order valence-corrected chi connectivity index (χ4v) is 3.46. The highest BCUT2D eigenvalue weighted by atomic mass is 35.5. The molecule has 1 amide bonds. The molecule has 138 valence electrons. The first-order valence-corrected chi connectivity index (χ1v) is 9.71. The standard InChI is InChI=1S/C19H21ClN2O3S/c1-25-19(24)12-17(15-7-2-3-8-16(15)20)22-18(23)9-11-26-13-14-6-4-5-10-21-14/h2-8,10,17H,9,11-13H2,1H3,(H,22,23). The molecule has 1 unspecified atom stereocenters. The number of hydrogen-bond acceptors (Lipinski definition) is 5. The first kappa shape index (κ1) is 20.3. The van der Waals surface area contributed by atoms with Gasteiger partial charge in [-0.25, -0.2) is 0 Å². The summed E-state index contributed by atoms with van der Waals surface area (Å²) in [5.74, 6) is 0.882. The molecule has 1 aromatic heterocycles. The quantitative estimate of drug-likeness (QED) is 0.519. The van der Waals surface area contributed by atoms with Gasteiger partial charge in [0.1, 0.15) is 0 Å². The minimum atomic E-state index is -0.510. The molecule has 0 aliphatic carbocycles. The third-order valence-electron chi connectivity index (χ3n) is 3.66. The average molecular weight is 393 g/mol. The molecule has 0 radical (unpaired) electrons. The molecule has 1 heterocycles. The number of rotatable bonds is 9. The van der Waals surface area contributed by atoms with Gasteiger partial charge in [0, 0.05) is 29.1 Å². The van der Waals surface area contributed by atoms with Gasteiger partial charge in [0.15, 0.2) is 0 Å². The van der Waals surface area contributed by atoms with Gasteiger partial charge < -0.3 is 10.1 Å². The zero-order valence-electron chi connectivity index (χ0n) is 14.5. The van der Waals surface area contributed by atoms with E-state index in [4.69, 9.17) is 16.3 Å². The summed E-state index contributed by atoms with van der Waals surface area (Å²) in [6.07, 6.45) is 2.14. The average Bonchev–Trinajstić information content (AvgIpc) is 2.66. The Bertz CT molecular complexity index is 728. The van der Waals surface area contributed by atoms with Gasteiger partial charge >= 0.3 is 5.97 Å². The maximum absolute atomic E-state index is 12.3. The number of hydrogen-bond donors (Lipinski definition) is 1. The Morgan fingerprint density at radius 1 is 1.23 bits per heavy atom. The Morgan fingerprint density at radius 2 is 2.00 bits per heavy atom. The Hall–Kier alpha value is -2.05. The molecule has 7 heteroatoms. The third-order valence-corrected chi connectivity index (χ3v) is 5.00. The number of carbonyl (C=O) groups excluding carboxylic acids is 2.